The number of ether oxygens (including phenoxy) is 2. The Hall–Kier alpha value is -3.45. The summed E-state index contributed by atoms with van der Waals surface area (Å²) in [5.41, 5.74) is 2.08. The first-order chi connectivity index (χ1) is 15.5. The summed E-state index contributed by atoms with van der Waals surface area (Å²) in [6.45, 7) is -0.353. The van der Waals surface area contributed by atoms with Crippen LogP contribution in [0.4, 0.5) is 4.79 Å². The van der Waals surface area contributed by atoms with Gasteiger partial charge in [0.05, 0.1) is 0 Å². The molecule has 7 heteroatoms. The van der Waals surface area contributed by atoms with E-state index in [1.54, 1.807) is 24.3 Å². The van der Waals surface area contributed by atoms with Crippen LogP contribution in [0.5, 0.6) is 0 Å². The van der Waals surface area contributed by atoms with E-state index >= 15 is 0 Å². The van der Waals surface area contributed by atoms with Crippen molar-refractivity contribution in [3.63, 3.8) is 0 Å². The lowest BCUT2D eigenvalue weighted by Crippen LogP contribution is -2.44. The molecule has 3 aromatic carbocycles. The molecule has 1 unspecified atom stereocenters. The van der Waals surface area contributed by atoms with Gasteiger partial charge in [0.2, 0.25) is 0 Å². The molecule has 164 valence electrons. The predicted octanol–water partition coefficient (Wildman–Crippen LogP) is 4.71. The molecule has 0 heterocycles. The quantitative estimate of drug-likeness (QED) is 0.343. The Labute approximate surface area is 194 Å². The first-order valence-corrected chi connectivity index (χ1v) is 10.8. The van der Waals surface area contributed by atoms with Crippen molar-refractivity contribution in [3.8, 4) is 0 Å². The largest absolute Gasteiger partial charge is 0.456 e. The van der Waals surface area contributed by atoms with Crippen LogP contribution in [-0.4, -0.2) is 30.5 Å². The maximum atomic E-state index is 12.7. The molecule has 0 aliphatic heterocycles. The molecule has 0 saturated heterocycles. The Morgan fingerprint density at radius 2 is 1.38 bits per heavy atom. The van der Waals surface area contributed by atoms with Crippen molar-refractivity contribution >= 4 is 33.8 Å². The van der Waals surface area contributed by atoms with E-state index in [0.717, 1.165) is 15.6 Å². The topological polar surface area (TPSA) is 81.7 Å². The first-order valence-electron chi connectivity index (χ1n) is 9.98. The molecule has 0 saturated carbocycles. The molecule has 1 atom stereocenters. The third kappa shape index (κ3) is 7.35. The fourth-order valence-electron chi connectivity index (χ4n) is 2.91. The van der Waals surface area contributed by atoms with Gasteiger partial charge in [0.1, 0.15) is 12.6 Å². The van der Waals surface area contributed by atoms with Crippen LogP contribution in [0.1, 0.15) is 21.5 Å². The van der Waals surface area contributed by atoms with Crippen LogP contribution in [0.25, 0.3) is 0 Å². The number of Topliss-reactive ketones (excluding diaryl/α,β-unsaturated/α-hetero) is 1. The van der Waals surface area contributed by atoms with E-state index in [0.29, 0.717) is 5.56 Å². The summed E-state index contributed by atoms with van der Waals surface area (Å²) in [5, 5.41) is 2.55. The standard InChI is InChI=1S/C25H22BrNO5/c26-21-13-11-20(12-14-21)23(28)17-31-24(29)22(15-18-7-3-1-4-8-18)27-25(30)32-16-19-9-5-2-6-10-19/h1-14,22H,15-17H2,(H,27,30). The van der Waals surface area contributed by atoms with Gasteiger partial charge in [0.25, 0.3) is 0 Å². The fraction of sp³-hybridized carbons (Fsp3) is 0.160. The summed E-state index contributed by atoms with van der Waals surface area (Å²) >= 11 is 3.31. The normalized spacial score (nSPS) is 11.3. The number of hydrogen-bond donors (Lipinski definition) is 1. The summed E-state index contributed by atoms with van der Waals surface area (Å²) in [5.74, 6) is -1.05. The number of halogens is 1. The molecule has 0 aliphatic rings. The van der Waals surface area contributed by atoms with Crippen LogP contribution in [0, 0.1) is 0 Å². The SMILES string of the molecule is O=C(NC(Cc1ccccc1)C(=O)OCC(=O)c1ccc(Br)cc1)OCc1ccccc1. The van der Waals surface area contributed by atoms with E-state index in [4.69, 9.17) is 9.47 Å². The molecule has 0 aliphatic carbocycles. The van der Waals surface area contributed by atoms with Crippen LogP contribution < -0.4 is 5.32 Å². The molecule has 1 N–H and O–H groups in total. The molecule has 3 aromatic rings. The molecule has 0 radical (unpaired) electrons. The number of benzene rings is 3. The smallest absolute Gasteiger partial charge is 0.408 e. The molecule has 0 spiro atoms. The Morgan fingerprint density at radius 3 is 2.00 bits per heavy atom. The monoisotopic (exact) mass is 495 g/mol. The summed E-state index contributed by atoms with van der Waals surface area (Å²) in [6.07, 6.45) is -0.543. The minimum atomic E-state index is -1.00. The van der Waals surface area contributed by atoms with Gasteiger partial charge in [0.15, 0.2) is 12.4 Å². The molecule has 6 nitrogen and oxygen atoms in total. The first kappa shape index (κ1) is 23.2. The summed E-state index contributed by atoms with van der Waals surface area (Å²) < 4.78 is 11.3. The Balaban J connectivity index is 1.60. The summed E-state index contributed by atoms with van der Waals surface area (Å²) in [6, 6.07) is 24.2. The third-order valence-electron chi connectivity index (χ3n) is 4.58. The average molecular weight is 496 g/mol. The highest BCUT2D eigenvalue weighted by molar-refractivity contribution is 9.10. The van der Waals surface area contributed by atoms with Gasteiger partial charge in [-0.15, -0.1) is 0 Å². The molecule has 3 rings (SSSR count). The number of amides is 1. The highest BCUT2D eigenvalue weighted by Gasteiger charge is 2.24. The van der Waals surface area contributed by atoms with Crippen molar-refractivity contribution in [1.29, 1.82) is 0 Å². The van der Waals surface area contributed by atoms with E-state index in [1.165, 1.54) is 0 Å². The number of carbonyl (C=O) groups excluding carboxylic acids is 3. The molecule has 0 aromatic heterocycles. The van der Waals surface area contributed by atoms with Crippen LogP contribution >= 0.6 is 15.9 Å². The van der Waals surface area contributed by atoms with E-state index in [-0.39, 0.29) is 18.8 Å². The van der Waals surface area contributed by atoms with E-state index < -0.39 is 24.7 Å². The second kappa shape index (κ2) is 11.8. The lowest BCUT2D eigenvalue weighted by atomic mass is 10.1. The molecule has 0 fully saturated rings. The average Bonchev–Trinajstić information content (AvgIpc) is 2.82. The fourth-order valence-corrected chi connectivity index (χ4v) is 3.17. The highest BCUT2D eigenvalue weighted by atomic mass is 79.9. The predicted molar refractivity (Wildman–Crippen MR) is 123 cm³/mol. The maximum absolute atomic E-state index is 12.7. The van der Waals surface area contributed by atoms with Crippen molar-refractivity contribution in [3.05, 3.63) is 106 Å². The van der Waals surface area contributed by atoms with Gasteiger partial charge in [-0.05, 0) is 23.3 Å². The number of carbonyl (C=O) groups is 3. The number of rotatable bonds is 9. The number of nitrogens with one attached hydrogen (secondary N) is 1. The molecule has 1 amide bonds. The second-order valence-corrected chi connectivity index (χ2v) is 7.90. The number of esters is 1. The van der Waals surface area contributed by atoms with Crippen LogP contribution in [0.3, 0.4) is 0 Å². The second-order valence-electron chi connectivity index (χ2n) is 6.99. The van der Waals surface area contributed by atoms with Gasteiger partial charge in [-0.2, -0.15) is 0 Å². The van der Waals surface area contributed by atoms with Gasteiger partial charge < -0.3 is 14.8 Å². The van der Waals surface area contributed by atoms with E-state index in [9.17, 15) is 14.4 Å². The third-order valence-corrected chi connectivity index (χ3v) is 5.11. The van der Waals surface area contributed by atoms with Crippen LogP contribution in [0.2, 0.25) is 0 Å². The van der Waals surface area contributed by atoms with Crippen LogP contribution in [0.15, 0.2) is 89.4 Å². The van der Waals surface area contributed by atoms with Crippen molar-refractivity contribution in [2.45, 2.75) is 19.1 Å². The lowest BCUT2D eigenvalue weighted by Gasteiger charge is -2.17. The molecule has 32 heavy (non-hydrogen) atoms. The van der Waals surface area contributed by atoms with Crippen molar-refractivity contribution in [2.75, 3.05) is 6.61 Å². The molecule has 0 bridgehead atoms. The zero-order valence-corrected chi connectivity index (χ0v) is 18.8. The number of alkyl carbamates (subject to hydrolysis) is 1. The zero-order valence-electron chi connectivity index (χ0n) is 17.2. The van der Waals surface area contributed by atoms with Gasteiger partial charge in [-0.1, -0.05) is 88.7 Å². The minimum Gasteiger partial charge on any atom is -0.456 e. The van der Waals surface area contributed by atoms with Gasteiger partial charge in [-0.3, -0.25) is 4.79 Å². The Kier molecular flexibility index (Phi) is 8.57. The van der Waals surface area contributed by atoms with Crippen molar-refractivity contribution in [1.82, 2.24) is 5.32 Å². The van der Waals surface area contributed by atoms with Crippen LogP contribution in [-0.2, 0) is 27.3 Å². The zero-order chi connectivity index (χ0) is 22.8. The lowest BCUT2D eigenvalue weighted by molar-refractivity contribution is -0.144. The Bertz CT molecular complexity index is 1040. The molecular formula is C25H22BrNO5. The van der Waals surface area contributed by atoms with Gasteiger partial charge in [-0.25, -0.2) is 9.59 Å². The van der Waals surface area contributed by atoms with Crippen molar-refractivity contribution < 1.29 is 23.9 Å². The summed E-state index contributed by atoms with van der Waals surface area (Å²) in [7, 11) is 0. The Morgan fingerprint density at radius 1 is 0.781 bits per heavy atom. The maximum Gasteiger partial charge on any atom is 0.408 e. The van der Waals surface area contributed by atoms with E-state index in [2.05, 4.69) is 21.2 Å². The summed E-state index contributed by atoms with van der Waals surface area (Å²) in [4.78, 5) is 37.3. The number of ketones is 1. The van der Waals surface area contributed by atoms with Gasteiger partial charge >= 0.3 is 12.1 Å². The van der Waals surface area contributed by atoms with Gasteiger partial charge in [0, 0.05) is 16.5 Å². The molecular weight excluding hydrogens is 474 g/mol. The highest BCUT2D eigenvalue weighted by Crippen LogP contribution is 2.12. The van der Waals surface area contributed by atoms with Crippen molar-refractivity contribution in [2.24, 2.45) is 0 Å². The number of hydrogen-bond acceptors (Lipinski definition) is 5. The minimum absolute atomic E-state index is 0.0713. The van der Waals surface area contributed by atoms with E-state index in [1.807, 2.05) is 60.7 Å².